The highest BCUT2D eigenvalue weighted by Gasteiger charge is 1.84. The fraction of sp³-hybridized carbons (Fsp3) is 1.00. The maximum atomic E-state index is 5.18. The molecule has 0 aromatic rings. The van der Waals surface area contributed by atoms with E-state index in [1.54, 1.807) is 7.05 Å². The first kappa shape index (κ1) is 5.97. The highest BCUT2D eigenvalue weighted by molar-refractivity contribution is 8.02. The molecule has 0 rings (SSSR count). The molecule has 0 unspecified atom stereocenters. The van der Waals surface area contributed by atoms with E-state index in [4.69, 9.17) is 22.5 Å². The first-order valence-electron chi connectivity index (χ1n) is 1.06. The van der Waals surface area contributed by atoms with Gasteiger partial charge in [0.25, 0.3) is 0 Å². The van der Waals surface area contributed by atoms with Crippen molar-refractivity contribution < 1.29 is 0 Å². The number of halogens is 2. The Bertz CT molecular complexity index is 23.6. The van der Waals surface area contributed by atoms with E-state index in [0.29, 0.717) is 0 Å². The summed E-state index contributed by atoms with van der Waals surface area (Å²) in [7, 11) is 1.71. The van der Waals surface area contributed by atoms with Crippen LogP contribution in [0.4, 0.5) is 0 Å². The number of hydrogen-bond acceptors (Lipinski definition) is 1. The number of rotatable bonds is 1. The molecule has 0 amide bonds. The quantitative estimate of drug-likeness (QED) is 0.537. The van der Waals surface area contributed by atoms with Crippen LogP contribution in [0.2, 0.25) is 0 Å². The van der Waals surface area contributed by atoms with Gasteiger partial charge in [0.05, 0.1) is 0 Å². The summed E-state index contributed by atoms with van der Waals surface area (Å²) in [6.07, 6.45) is 0. The van der Waals surface area contributed by atoms with Crippen molar-refractivity contribution in [3.05, 3.63) is 0 Å². The molecule has 4 heteroatoms. The Kier molecular flexibility index (Phi) is 3.79. The molecule has 0 aliphatic heterocycles. The van der Waals surface area contributed by atoms with Gasteiger partial charge in [0.1, 0.15) is 0 Å². The maximum Gasteiger partial charge on any atom is 0.156 e. The topological polar surface area (TPSA) is 12.0 Å². The van der Waals surface area contributed by atoms with Gasteiger partial charge in [-0.3, -0.25) is 5.09 Å². The van der Waals surface area contributed by atoms with Gasteiger partial charge in [0.15, 0.2) is 6.78 Å². The highest BCUT2D eigenvalue weighted by Crippen LogP contribution is 2.40. The minimum Gasteiger partial charge on any atom is -0.274 e. The van der Waals surface area contributed by atoms with Gasteiger partial charge in [0.2, 0.25) is 0 Å². The second-order valence-electron chi connectivity index (χ2n) is 0.457. The van der Waals surface area contributed by atoms with E-state index >= 15 is 0 Å². The fourth-order valence-electron chi connectivity index (χ4n) is 0. The predicted octanol–water partition coefficient (Wildman–Crippen LogP) is 1.91. The molecule has 5 heavy (non-hydrogen) atoms. The molecule has 0 aromatic heterocycles. The SMILES string of the molecule is CNP(Cl)Cl. The van der Waals surface area contributed by atoms with Crippen LogP contribution in [-0.2, 0) is 0 Å². The second kappa shape index (κ2) is 3.17. The summed E-state index contributed by atoms with van der Waals surface area (Å²) in [5.74, 6) is 0. The van der Waals surface area contributed by atoms with Crippen LogP contribution in [0.5, 0.6) is 0 Å². The summed E-state index contributed by atoms with van der Waals surface area (Å²) in [6, 6.07) is 0. The van der Waals surface area contributed by atoms with Gasteiger partial charge >= 0.3 is 0 Å². The van der Waals surface area contributed by atoms with E-state index < -0.39 is 6.78 Å². The third-order valence-electron chi connectivity index (χ3n) is 0.169. The van der Waals surface area contributed by atoms with Gasteiger partial charge in [-0.1, -0.05) is 22.5 Å². The lowest BCUT2D eigenvalue weighted by Gasteiger charge is -1.88. The van der Waals surface area contributed by atoms with Gasteiger partial charge in [0, 0.05) is 0 Å². The Hall–Kier alpha value is 0.970. The monoisotopic (exact) mass is 131 g/mol. The predicted molar refractivity (Wildman–Crippen MR) is 27.7 cm³/mol. The Labute approximate surface area is 42.0 Å². The average molecular weight is 132 g/mol. The van der Waals surface area contributed by atoms with Crippen molar-refractivity contribution in [1.29, 1.82) is 0 Å². The van der Waals surface area contributed by atoms with Crippen LogP contribution in [0.25, 0.3) is 0 Å². The number of nitrogens with one attached hydrogen (secondary N) is 1. The molecule has 0 atom stereocenters. The van der Waals surface area contributed by atoms with Crippen molar-refractivity contribution in [3.8, 4) is 0 Å². The standard InChI is InChI=1S/CH4Cl2NP/c1-4-5(2)3/h4H,1H3. The molecule has 0 aromatic carbocycles. The Balaban J connectivity index is 2.54. The Morgan fingerprint density at radius 2 is 1.80 bits per heavy atom. The molecule has 0 radical (unpaired) electrons. The lowest BCUT2D eigenvalue weighted by molar-refractivity contribution is 1.29. The van der Waals surface area contributed by atoms with E-state index in [2.05, 4.69) is 5.09 Å². The van der Waals surface area contributed by atoms with Crippen LogP contribution in [0.3, 0.4) is 0 Å². The molecule has 0 saturated heterocycles. The summed E-state index contributed by atoms with van der Waals surface area (Å²) in [5, 5.41) is 2.62. The highest BCUT2D eigenvalue weighted by atomic mass is 35.9. The van der Waals surface area contributed by atoms with E-state index in [0.717, 1.165) is 0 Å². The molecule has 0 heterocycles. The maximum absolute atomic E-state index is 5.18. The zero-order valence-electron chi connectivity index (χ0n) is 2.70. The molecule has 0 spiro atoms. The van der Waals surface area contributed by atoms with Crippen molar-refractivity contribution in [2.45, 2.75) is 0 Å². The van der Waals surface area contributed by atoms with Crippen LogP contribution in [0, 0.1) is 0 Å². The summed E-state index contributed by atoms with van der Waals surface area (Å²) >= 11 is 10.4. The molecule has 32 valence electrons. The molecule has 1 nitrogen and oxygen atoms in total. The zero-order chi connectivity index (χ0) is 4.28. The van der Waals surface area contributed by atoms with Gasteiger partial charge in [-0.2, -0.15) is 0 Å². The lowest BCUT2D eigenvalue weighted by atomic mass is 11.6. The smallest absolute Gasteiger partial charge is 0.156 e. The van der Waals surface area contributed by atoms with Crippen molar-refractivity contribution in [3.63, 3.8) is 0 Å². The van der Waals surface area contributed by atoms with Crippen LogP contribution >= 0.6 is 29.3 Å². The third-order valence-corrected chi connectivity index (χ3v) is 1.52. The molecule has 0 aliphatic carbocycles. The minimum absolute atomic E-state index is 0.904. The first-order chi connectivity index (χ1) is 2.27. The van der Waals surface area contributed by atoms with Crippen LogP contribution < -0.4 is 5.09 Å². The van der Waals surface area contributed by atoms with Gasteiger partial charge < -0.3 is 0 Å². The van der Waals surface area contributed by atoms with Crippen LogP contribution in [0.15, 0.2) is 0 Å². The first-order valence-corrected chi connectivity index (χ1v) is 4.21. The lowest BCUT2D eigenvalue weighted by Crippen LogP contribution is -1.84. The van der Waals surface area contributed by atoms with E-state index in [-0.39, 0.29) is 0 Å². The largest absolute Gasteiger partial charge is 0.274 e. The van der Waals surface area contributed by atoms with Crippen molar-refractivity contribution >= 4 is 29.3 Å². The molecular formula is CH4Cl2NP. The van der Waals surface area contributed by atoms with Crippen molar-refractivity contribution in [2.75, 3.05) is 7.05 Å². The summed E-state index contributed by atoms with van der Waals surface area (Å²) in [4.78, 5) is 0. The van der Waals surface area contributed by atoms with E-state index in [1.165, 1.54) is 0 Å². The molecule has 0 saturated carbocycles. The van der Waals surface area contributed by atoms with E-state index in [9.17, 15) is 0 Å². The Morgan fingerprint density at radius 3 is 1.80 bits per heavy atom. The molecule has 1 N–H and O–H groups in total. The third kappa shape index (κ3) is 4.97. The molecule has 0 bridgehead atoms. The van der Waals surface area contributed by atoms with E-state index in [1.807, 2.05) is 0 Å². The van der Waals surface area contributed by atoms with Crippen molar-refractivity contribution in [1.82, 2.24) is 5.09 Å². The average Bonchev–Trinajstić information content (AvgIpc) is 1.38. The zero-order valence-corrected chi connectivity index (χ0v) is 5.11. The summed E-state index contributed by atoms with van der Waals surface area (Å²) in [6.45, 7) is -0.904. The number of hydrogen-bond donors (Lipinski definition) is 1. The summed E-state index contributed by atoms with van der Waals surface area (Å²) in [5.41, 5.74) is 0. The molecule has 0 aliphatic rings. The molecular weight excluding hydrogens is 128 g/mol. The van der Waals surface area contributed by atoms with Crippen LogP contribution in [0.1, 0.15) is 0 Å². The summed E-state index contributed by atoms with van der Waals surface area (Å²) < 4.78 is 0. The molecule has 0 fully saturated rings. The Morgan fingerprint density at radius 1 is 1.60 bits per heavy atom. The van der Waals surface area contributed by atoms with Gasteiger partial charge in [-0.25, -0.2) is 0 Å². The fourth-order valence-corrected chi connectivity index (χ4v) is 0. The van der Waals surface area contributed by atoms with Gasteiger partial charge in [-0.15, -0.1) is 0 Å². The van der Waals surface area contributed by atoms with Gasteiger partial charge in [-0.05, 0) is 7.05 Å². The van der Waals surface area contributed by atoms with Crippen molar-refractivity contribution in [2.24, 2.45) is 0 Å². The normalized spacial score (nSPS) is 9.60. The van der Waals surface area contributed by atoms with Crippen LogP contribution in [-0.4, -0.2) is 7.05 Å². The minimum atomic E-state index is -0.904. The second-order valence-corrected chi connectivity index (χ2v) is 3.92.